The third kappa shape index (κ3) is 4.02. The molecule has 0 fully saturated rings. The lowest BCUT2D eigenvalue weighted by Crippen LogP contribution is -2.14. The van der Waals surface area contributed by atoms with Crippen LogP contribution in [0.4, 0.5) is 11.4 Å². The Bertz CT molecular complexity index is 658. The molecule has 0 aromatic heterocycles. The highest BCUT2D eigenvalue weighted by atomic mass is 127. The van der Waals surface area contributed by atoms with Crippen molar-refractivity contribution >= 4 is 39.9 Å². The molecule has 0 saturated heterocycles. The molecule has 2 aromatic rings. The van der Waals surface area contributed by atoms with Gasteiger partial charge in [-0.05, 0) is 46.4 Å². The van der Waals surface area contributed by atoms with E-state index in [-0.39, 0.29) is 18.0 Å². The summed E-state index contributed by atoms with van der Waals surface area (Å²) in [6.07, 6.45) is 0.104. The van der Waals surface area contributed by atoms with Gasteiger partial charge in [0.1, 0.15) is 0 Å². The number of non-ortho nitro benzene ring substituents is 1. The third-order valence-corrected chi connectivity index (χ3v) is 3.27. The molecule has 0 aliphatic rings. The van der Waals surface area contributed by atoms with E-state index < -0.39 is 4.92 Å². The number of nitro groups is 1. The Morgan fingerprint density at radius 2 is 1.95 bits per heavy atom. The molecule has 102 valence electrons. The molecule has 20 heavy (non-hydrogen) atoms. The van der Waals surface area contributed by atoms with Gasteiger partial charge in [0.15, 0.2) is 0 Å². The predicted octanol–water partition coefficient (Wildman–Crippen LogP) is 3.38. The highest BCUT2D eigenvalue weighted by Crippen LogP contribution is 2.15. The van der Waals surface area contributed by atoms with Gasteiger partial charge in [0.25, 0.3) is 5.69 Å². The topological polar surface area (TPSA) is 72.2 Å². The van der Waals surface area contributed by atoms with Gasteiger partial charge >= 0.3 is 0 Å². The normalized spacial score (nSPS) is 10.1. The lowest BCUT2D eigenvalue weighted by molar-refractivity contribution is -0.384. The van der Waals surface area contributed by atoms with Gasteiger partial charge in [0, 0.05) is 21.4 Å². The number of rotatable bonds is 4. The van der Waals surface area contributed by atoms with Crippen LogP contribution in [0.2, 0.25) is 0 Å². The first-order valence-corrected chi connectivity index (χ1v) is 6.91. The van der Waals surface area contributed by atoms with Crippen LogP contribution in [0.25, 0.3) is 0 Å². The molecule has 2 rings (SSSR count). The first-order valence-electron chi connectivity index (χ1n) is 5.83. The number of carbonyl (C=O) groups excluding carboxylic acids is 1. The number of hydrogen-bond donors (Lipinski definition) is 1. The number of benzene rings is 2. The molecule has 6 heteroatoms. The molecule has 1 N–H and O–H groups in total. The summed E-state index contributed by atoms with van der Waals surface area (Å²) in [5.41, 5.74) is 1.32. The van der Waals surface area contributed by atoms with Crippen LogP contribution < -0.4 is 5.32 Å². The number of anilines is 1. The molecule has 0 heterocycles. The SMILES string of the molecule is O=C(Cc1cccc([N+](=O)[O-])c1)Nc1cccc(I)c1. The Balaban J connectivity index is 2.04. The first-order chi connectivity index (χ1) is 9.54. The number of halogens is 1. The maximum absolute atomic E-state index is 11.9. The number of nitro benzene ring substituents is 1. The van der Waals surface area contributed by atoms with Crippen LogP contribution in [0.1, 0.15) is 5.56 Å². The van der Waals surface area contributed by atoms with E-state index in [2.05, 4.69) is 27.9 Å². The zero-order valence-electron chi connectivity index (χ0n) is 10.4. The summed E-state index contributed by atoms with van der Waals surface area (Å²) in [5, 5.41) is 13.4. The standard InChI is InChI=1S/C14H11IN2O3/c15-11-4-2-5-12(9-11)16-14(18)8-10-3-1-6-13(7-10)17(19)20/h1-7,9H,8H2,(H,16,18). The Kier molecular flexibility index (Phi) is 4.67. The van der Waals surface area contributed by atoms with Crippen molar-refractivity contribution in [2.75, 3.05) is 5.32 Å². The van der Waals surface area contributed by atoms with Crippen molar-refractivity contribution in [3.05, 3.63) is 67.8 Å². The number of nitrogens with zero attached hydrogens (tertiary/aromatic N) is 1. The molecular formula is C14H11IN2O3. The zero-order chi connectivity index (χ0) is 14.5. The van der Waals surface area contributed by atoms with Crippen molar-refractivity contribution < 1.29 is 9.72 Å². The van der Waals surface area contributed by atoms with Crippen molar-refractivity contribution in [2.24, 2.45) is 0 Å². The van der Waals surface area contributed by atoms with Gasteiger partial charge in [0.2, 0.25) is 5.91 Å². The number of nitrogens with one attached hydrogen (secondary N) is 1. The van der Waals surface area contributed by atoms with Gasteiger partial charge in [-0.2, -0.15) is 0 Å². The molecule has 0 spiro atoms. The van der Waals surface area contributed by atoms with Gasteiger partial charge in [-0.1, -0.05) is 18.2 Å². The van der Waals surface area contributed by atoms with Crippen LogP contribution in [0.15, 0.2) is 48.5 Å². The summed E-state index contributed by atoms with van der Waals surface area (Å²) >= 11 is 2.16. The summed E-state index contributed by atoms with van der Waals surface area (Å²) in [7, 11) is 0. The van der Waals surface area contributed by atoms with Gasteiger partial charge < -0.3 is 5.32 Å². The molecule has 1 amide bonds. The van der Waals surface area contributed by atoms with E-state index >= 15 is 0 Å². The summed E-state index contributed by atoms with van der Waals surface area (Å²) in [6.45, 7) is 0. The van der Waals surface area contributed by atoms with Crippen LogP contribution in [0.3, 0.4) is 0 Å². The van der Waals surface area contributed by atoms with Crippen LogP contribution in [-0.2, 0) is 11.2 Å². The maximum Gasteiger partial charge on any atom is 0.269 e. The second-order valence-corrected chi connectivity index (χ2v) is 5.41. The van der Waals surface area contributed by atoms with Crippen molar-refractivity contribution in [1.29, 1.82) is 0 Å². The van der Waals surface area contributed by atoms with E-state index in [0.717, 1.165) is 3.57 Å². The molecule has 0 atom stereocenters. The molecule has 5 nitrogen and oxygen atoms in total. The highest BCUT2D eigenvalue weighted by molar-refractivity contribution is 14.1. The van der Waals surface area contributed by atoms with Crippen molar-refractivity contribution in [2.45, 2.75) is 6.42 Å². The minimum Gasteiger partial charge on any atom is -0.326 e. The summed E-state index contributed by atoms with van der Waals surface area (Å²) in [6, 6.07) is 13.5. The molecular weight excluding hydrogens is 371 g/mol. The fraction of sp³-hybridized carbons (Fsp3) is 0.0714. The first kappa shape index (κ1) is 14.4. The van der Waals surface area contributed by atoms with Gasteiger partial charge in [-0.15, -0.1) is 0 Å². The average Bonchev–Trinajstić information content (AvgIpc) is 2.38. The number of hydrogen-bond acceptors (Lipinski definition) is 3. The largest absolute Gasteiger partial charge is 0.326 e. The number of amides is 1. The van der Waals surface area contributed by atoms with Crippen LogP contribution in [-0.4, -0.2) is 10.8 Å². The van der Waals surface area contributed by atoms with E-state index in [1.54, 1.807) is 18.2 Å². The fourth-order valence-electron chi connectivity index (χ4n) is 1.74. The molecule has 0 saturated carbocycles. The van der Waals surface area contributed by atoms with Crippen LogP contribution >= 0.6 is 22.6 Å². The van der Waals surface area contributed by atoms with Crippen LogP contribution in [0, 0.1) is 13.7 Å². The molecule has 0 unspecified atom stereocenters. The van der Waals surface area contributed by atoms with Crippen molar-refractivity contribution in [3.63, 3.8) is 0 Å². The predicted molar refractivity (Wildman–Crippen MR) is 84.6 cm³/mol. The lowest BCUT2D eigenvalue weighted by atomic mass is 10.1. The molecule has 0 aliphatic carbocycles. The van der Waals surface area contributed by atoms with Gasteiger partial charge in [-0.3, -0.25) is 14.9 Å². The highest BCUT2D eigenvalue weighted by Gasteiger charge is 2.09. The monoisotopic (exact) mass is 382 g/mol. The molecule has 0 radical (unpaired) electrons. The van der Waals surface area contributed by atoms with E-state index in [4.69, 9.17) is 0 Å². The quantitative estimate of drug-likeness (QED) is 0.501. The van der Waals surface area contributed by atoms with Crippen molar-refractivity contribution in [3.8, 4) is 0 Å². The molecule has 2 aromatic carbocycles. The summed E-state index contributed by atoms with van der Waals surface area (Å²) in [4.78, 5) is 22.1. The van der Waals surface area contributed by atoms with Gasteiger partial charge in [-0.25, -0.2) is 0 Å². The molecule has 0 bridgehead atoms. The van der Waals surface area contributed by atoms with Crippen LogP contribution in [0.5, 0.6) is 0 Å². The maximum atomic E-state index is 11.9. The third-order valence-electron chi connectivity index (χ3n) is 2.59. The lowest BCUT2D eigenvalue weighted by Gasteiger charge is -2.05. The van der Waals surface area contributed by atoms with E-state index in [1.165, 1.54) is 12.1 Å². The van der Waals surface area contributed by atoms with E-state index in [1.807, 2.05) is 18.2 Å². The Morgan fingerprint density at radius 3 is 2.65 bits per heavy atom. The minimum absolute atomic E-state index is 0.00967. The second-order valence-electron chi connectivity index (χ2n) is 4.16. The smallest absolute Gasteiger partial charge is 0.269 e. The number of carbonyl (C=O) groups is 1. The van der Waals surface area contributed by atoms with Crippen molar-refractivity contribution in [1.82, 2.24) is 0 Å². The second kappa shape index (κ2) is 6.47. The Labute approximate surface area is 129 Å². The average molecular weight is 382 g/mol. The minimum atomic E-state index is -0.471. The Hall–Kier alpha value is -1.96. The van der Waals surface area contributed by atoms with E-state index in [9.17, 15) is 14.9 Å². The fourth-order valence-corrected chi connectivity index (χ4v) is 2.28. The summed E-state index contributed by atoms with van der Waals surface area (Å²) in [5.74, 6) is -0.201. The van der Waals surface area contributed by atoms with E-state index in [0.29, 0.717) is 11.3 Å². The molecule has 0 aliphatic heterocycles. The summed E-state index contributed by atoms with van der Waals surface area (Å²) < 4.78 is 1.02. The Morgan fingerprint density at radius 1 is 1.20 bits per heavy atom. The zero-order valence-corrected chi connectivity index (χ0v) is 12.5. The van der Waals surface area contributed by atoms with Gasteiger partial charge in [0.05, 0.1) is 11.3 Å².